The number of hydrogen-bond donors (Lipinski definition) is 2. The fraction of sp³-hybridized carbons (Fsp3) is 0.579. The highest BCUT2D eigenvalue weighted by atomic mass is 19.1. The first-order chi connectivity index (χ1) is 11.9. The van der Waals surface area contributed by atoms with E-state index in [1.54, 1.807) is 0 Å². The Bertz CT molecular complexity index is 590. The first kappa shape index (κ1) is 19.4. The second-order valence-electron chi connectivity index (χ2n) is 6.78. The van der Waals surface area contributed by atoms with E-state index in [0.717, 1.165) is 12.0 Å². The van der Waals surface area contributed by atoms with Crippen molar-refractivity contribution in [2.45, 2.75) is 50.8 Å². The number of ether oxygens (including phenoxy) is 1. The number of carbonyl (C=O) groups excluding carboxylic acids is 1. The standard InChI is InChI=1S/C19H27FN2O3/c1-19(20,18(21)24)10-9-15(17-22-11-12-25-17)13-16(23)8-7-14-5-3-2-4-6-14/h2-6,15-16,23H,7-13H2,1H3,(H2,21,24). The molecule has 3 atom stereocenters. The first-order valence-corrected chi connectivity index (χ1v) is 8.76. The number of carbonyl (C=O) groups is 1. The van der Waals surface area contributed by atoms with Gasteiger partial charge in [0.15, 0.2) is 11.6 Å². The number of hydrogen-bond acceptors (Lipinski definition) is 4. The number of nitrogens with zero attached hydrogens (tertiary/aromatic N) is 1. The zero-order valence-corrected chi connectivity index (χ0v) is 14.7. The highest BCUT2D eigenvalue weighted by Gasteiger charge is 2.33. The summed E-state index contributed by atoms with van der Waals surface area (Å²) in [6.07, 6.45) is 1.61. The van der Waals surface area contributed by atoms with E-state index in [1.165, 1.54) is 6.92 Å². The first-order valence-electron chi connectivity index (χ1n) is 8.76. The summed E-state index contributed by atoms with van der Waals surface area (Å²) in [7, 11) is 0. The Labute approximate surface area is 148 Å². The molecule has 5 nitrogen and oxygen atoms in total. The topological polar surface area (TPSA) is 84.9 Å². The van der Waals surface area contributed by atoms with E-state index in [1.807, 2.05) is 30.3 Å². The minimum Gasteiger partial charge on any atom is -0.479 e. The number of aliphatic hydroxyl groups excluding tert-OH is 1. The molecule has 0 fully saturated rings. The maximum Gasteiger partial charge on any atom is 0.254 e. The molecule has 1 aromatic carbocycles. The predicted molar refractivity (Wildman–Crippen MR) is 95.1 cm³/mol. The predicted octanol–water partition coefficient (Wildman–Crippen LogP) is 2.41. The molecule has 0 radical (unpaired) electrons. The van der Waals surface area contributed by atoms with Gasteiger partial charge >= 0.3 is 0 Å². The lowest BCUT2D eigenvalue weighted by molar-refractivity contribution is -0.129. The summed E-state index contributed by atoms with van der Waals surface area (Å²) >= 11 is 0. The Kier molecular flexibility index (Phi) is 6.93. The van der Waals surface area contributed by atoms with Crippen molar-refractivity contribution in [3.63, 3.8) is 0 Å². The molecule has 3 unspecified atom stereocenters. The van der Waals surface area contributed by atoms with Gasteiger partial charge in [-0.05, 0) is 44.6 Å². The van der Waals surface area contributed by atoms with Gasteiger partial charge in [0.25, 0.3) is 5.91 Å². The zero-order chi connectivity index (χ0) is 18.3. The van der Waals surface area contributed by atoms with Crippen molar-refractivity contribution in [3.8, 4) is 0 Å². The molecule has 1 aliphatic rings. The Morgan fingerprint density at radius 1 is 1.40 bits per heavy atom. The summed E-state index contributed by atoms with van der Waals surface area (Å²) in [6, 6.07) is 9.94. The van der Waals surface area contributed by atoms with Crippen molar-refractivity contribution in [2.75, 3.05) is 13.2 Å². The number of rotatable bonds is 10. The van der Waals surface area contributed by atoms with E-state index in [-0.39, 0.29) is 12.3 Å². The van der Waals surface area contributed by atoms with E-state index in [0.29, 0.717) is 38.3 Å². The average molecular weight is 350 g/mol. The molecule has 1 amide bonds. The van der Waals surface area contributed by atoms with Crippen LogP contribution in [0, 0.1) is 5.92 Å². The van der Waals surface area contributed by atoms with Gasteiger partial charge in [0, 0.05) is 5.92 Å². The van der Waals surface area contributed by atoms with Crippen molar-refractivity contribution >= 4 is 11.8 Å². The highest BCUT2D eigenvalue weighted by Crippen LogP contribution is 2.26. The quantitative estimate of drug-likeness (QED) is 0.679. The van der Waals surface area contributed by atoms with E-state index in [4.69, 9.17) is 10.5 Å². The van der Waals surface area contributed by atoms with Crippen molar-refractivity contribution in [3.05, 3.63) is 35.9 Å². The SMILES string of the molecule is CC(F)(CCC(CC(O)CCc1ccccc1)C1=NCCO1)C(N)=O. The largest absolute Gasteiger partial charge is 0.479 e. The van der Waals surface area contributed by atoms with Crippen molar-refractivity contribution in [1.29, 1.82) is 0 Å². The number of amides is 1. The normalized spacial score (nSPS) is 18.8. The summed E-state index contributed by atoms with van der Waals surface area (Å²) in [5.74, 6) is -0.619. The number of aryl methyl sites for hydroxylation is 1. The summed E-state index contributed by atoms with van der Waals surface area (Å²) in [6.45, 7) is 2.28. The fourth-order valence-electron chi connectivity index (χ4n) is 2.93. The van der Waals surface area contributed by atoms with E-state index < -0.39 is 17.7 Å². The van der Waals surface area contributed by atoms with Crippen LogP contribution < -0.4 is 5.73 Å². The van der Waals surface area contributed by atoms with Gasteiger partial charge in [-0.3, -0.25) is 9.79 Å². The molecule has 25 heavy (non-hydrogen) atoms. The lowest BCUT2D eigenvalue weighted by atomic mass is 9.89. The molecule has 3 N–H and O–H groups in total. The van der Waals surface area contributed by atoms with E-state index in [2.05, 4.69) is 4.99 Å². The highest BCUT2D eigenvalue weighted by molar-refractivity contribution is 5.83. The van der Waals surface area contributed by atoms with Gasteiger partial charge in [0.05, 0.1) is 12.6 Å². The van der Waals surface area contributed by atoms with Crippen LogP contribution in [0.4, 0.5) is 4.39 Å². The smallest absolute Gasteiger partial charge is 0.254 e. The third-order valence-electron chi connectivity index (χ3n) is 4.60. The van der Waals surface area contributed by atoms with Crippen LogP contribution >= 0.6 is 0 Å². The van der Waals surface area contributed by atoms with Crippen molar-refractivity contribution in [2.24, 2.45) is 16.6 Å². The Balaban J connectivity index is 1.90. The van der Waals surface area contributed by atoms with Gasteiger partial charge in [-0.15, -0.1) is 0 Å². The van der Waals surface area contributed by atoms with E-state index in [9.17, 15) is 14.3 Å². The lowest BCUT2D eigenvalue weighted by Gasteiger charge is -2.23. The van der Waals surface area contributed by atoms with E-state index >= 15 is 0 Å². The van der Waals surface area contributed by atoms with Crippen LogP contribution in [0.25, 0.3) is 0 Å². The Hall–Kier alpha value is -1.95. The van der Waals surface area contributed by atoms with Crippen LogP contribution in [-0.2, 0) is 16.0 Å². The molecule has 0 saturated heterocycles. The summed E-state index contributed by atoms with van der Waals surface area (Å²) < 4.78 is 19.7. The summed E-state index contributed by atoms with van der Waals surface area (Å²) in [5.41, 5.74) is 4.20. The van der Waals surface area contributed by atoms with Crippen LogP contribution in [-0.4, -0.2) is 41.8 Å². The van der Waals surface area contributed by atoms with Gasteiger partial charge in [-0.2, -0.15) is 0 Å². The Morgan fingerprint density at radius 3 is 2.72 bits per heavy atom. The lowest BCUT2D eigenvalue weighted by Crippen LogP contribution is -2.37. The maximum atomic E-state index is 14.1. The van der Waals surface area contributed by atoms with Crippen LogP contribution in [0.2, 0.25) is 0 Å². The number of benzene rings is 1. The molecule has 6 heteroatoms. The number of aliphatic hydroxyl groups is 1. The monoisotopic (exact) mass is 350 g/mol. The molecule has 1 aromatic rings. The Morgan fingerprint density at radius 2 is 2.12 bits per heavy atom. The molecule has 2 rings (SSSR count). The van der Waals surface area contributed by atoms with Crippen molar-refractivity contribution in [1.82, 2.24) is 0 Å². The molecule has 0 aliphatic carbocycles. The summed E-state index contributed by atoms with van der Waals surface area (Å²) in [4.78, 5) is 15.5. The number of aliphatic imine (C=N–C) groups is 1. The van der Waals surface area contributed by atoms with Gasteiger partial charge in [-0.25, -0.2) is 4.39 Å². The van der Waals surface area contributed by atoms with Crippen molar-refractivity contribution < 1.29 is 19.0 Å². The molecule has 138 valence electrons. The van der Waals surface area contributed by atoms with Crippen LogP contribution in [0.15, 0.2) is 35.3 Å². The third kappa shape index (κ3) is 6.12. The molecule has 0 saturated carbocycles. The van der Waals surface area contributed by atoms with Crippen LogP contribution in [0.1, 0.15) is 38.2 Å². The van der Waals surface area contributed by atoms with Gasteiger partial charge in [-0.1, -0.05) is 30.3 Å². The number of nitrogens with two attached hydrogens (primary N) is 1. The number of primary amides is 1. The van der Waals surface area contributed by atoms with Crippen LogP contribution in [0.3, 0.4) is 0 Å². The fourth-order valence-corrected chi connectivity index (χ4v) is 2.93. The molecule has 0 bridgehead atoms. The van der Waals surface area contributed by atoms with Crippen LogP contribution in [0.5, 0.6) is 0 Å². The third-order valence-corrected chi connectivity index (χ3v) is 4.60. The van der Waals surface area contributed by atoms with Gasteiger partial charge in [0.1, 0.15) is 6.61 Å². The average Bonchev–Trinajstić information content (AvgIpc) is 3.12. The molecule has 0 aromatic heterocycles. The zero-order valence-electron chi connectivity index (χ0n) is 14.7. The van der Waals surface area contributed by atoms with Gasteiger partial charge in [0.2, 0.25) is 0 Å². The summed E-state index contributed by atoms with van der Waals surface area (Å²) in [5, 5.41) is 10.4. The minimum absolute atomic E-state index is 0.0131. The molecular formula is C19H27FN2O3. The maximum absolute atomic E-state index is 14.1. The molecule has 1 heterocycles. The molecule has 0 spiro atoms. The second-order valence-corrected chi connectivity index (χ2v) is 6.78. The number of alkyl halides is 1. The second kappa shape index (κ2) is 8.94. The molecule has 1 aliphatic heterocycles. The van der Waals surface area contributed by atoms with Gasteiger partial charge < -0.3 is 15.6 Å². The minimum atomic E-state index is -2.06. The number of halogens is 1. The molecular weight excluding hydrogens is 323 g/mol.